The summed E-state index contributed by atoms with van der Waals surface area (Å²) in [5.74, 6) is 0.955. The van der Waals surface area contributed by atoms with Crippen molar-refractivity contribution in [3.8, 4) is 22.6 Å². The number of nitrogens with two attached hydrogens (primary N) is 1. The molecule has 0 radical (unpaired) electrons. The Balaban J connectivity index is 1.79. The molecule has 4 rings (SSSR count). The zero-order chi connectivity index (χ0) is 15.8. The molecule has 1 atom stereocenters. The quantitative estimate of drug-likeness (QED) is 0.744. The Morgan fingerprint density at radius 2 is 2.17 bits per heavy atom. The first-order chi connectivity index (χ1) is 11.3. The van der Waals surface area contributed by atoms with Crippen LogP contribution in [0.5, 0.6) is 0 Å². The van der Waals surface area contributed by atoms with Gasteiger partial charge in [0.2, 0.25) is 5.95 Å². The number of furan rings is 1. The Morgan fingerprint density at radius 3 is 3.00 bits per heavy atom. The van der Waals surface area contributed by atoms with E-state index in [1.165, 1.54) is 0 Å². The van der Waals surface area contributed by atoms with Gasteiger partial charge in [-0.15, -0.1) is 0 Å². The van der Waals surface area contributed by atoms with E-state index < -0.39 is 0 Å². The van der Waals surface area contributed by atoms with Gasteiger partial charge in [0.25, 0.3) is 0 Å². The van der Waals surface area contributed by atoms with E-state index >= 15 is 0 Å². The third-order valence-corrected chi connectivity index (χ3v) is 4.19. The number of anilines is 1. The molecule has 1 aliphatic rings. The summed E-state index contributed by atoms with van der Waals surface area (Å²) in [6.07, 6.45) is 4.88. The van der Waals surface area contributed by atoms with Gasteiger partial charge in [-0.3, -0.25) is 0 Å². The van der Waals surface area contributed by atoms with Crippen molar-refractivity contribution in [2.45, 2.75) is 18.9 Å². The van der Waals surface area contributed by atoms with Crippen molar-refractivity contribution in [2.24, 2.45) is 5.18 Å². The SMILES string of the molecule is Nc1nccc(-c2ccoc2-c2ccc3c(c2)CCC3N=O)n1. The zero-order valence-electron chi connectivity index (χ0n) is 12.3. The third-order valence-electron chi connectivity index (χ3n) is 4.19. The predicted molar refractivity (Wildman–Crippen MR) is 86.4 cm³/mol. The highest BCUT2D eigenvalue weighted by Crippen LogP contribution is 2.38. The highest BCUT2D eigenvalue weighted by atomic mass is 16.3. The molecule has 0 fully saturated rings. The van der Waals surface area contributed by atoms with Crippen LogP contribution >= 0.6 is 0 Å². The molecule has 6 nitrogen and oxygen atoms in total. The number of aryl methyl sites for hydroxylation is 1. The number of benzene rings is 1. The molecule has 2 aromatic heterocycles. The Bertz CT molecular complexity index is 888. The number of nitrogens with zero attached hydrogens (tertiary/aromatic N) is 3. The fraction of sp³-hybridized carbons (Fsp3) is 0.176. The van der Waals surface area contributed by atoms with Crippen LogP contribution in [0.3, 0.4) is 0 Å². The summed E-state index contributed by atoms with van der Waals surface area (Å²) in [6.45, 7) is 0. The molecule has 0 amide bonds. The minimum Gasteiger partial charge on any atom is -0.464 e. The summed E-state index contributed by atoms with van der Waals surface area (Å²) in [7, 11) is 0. The second-order valence-corrected chi connectivity index (χ2v) is 5.54. The maximum atomic E-state index is 10.9. The molecule has 1 aliphatic carbocycles. The molecule has 0 bridgehead atoms. The van der Waals surface area contributed by atoms with Gasteiger partial charge in [-0.2, -0.15) is 4.91 Å². The van der Waals surface area contributed by atoms with Gasteiger partial charge in [0.15, 0.2) is 0 Å². The van der Waals surface area contributed by atoms with Crippen molar-refractivity contribution in [3.63, 3.8) is 0 Å². The highest BCUT2D eigenvalue weighted by molar-refractivity contribution is 5.78. The van der Waals surface area contributed by atoms with E-state index in [-0.39, 0.29) is 12.0 Å². The Morgan fingerprint density at radius 1 is 1.26 bits per heavy atom. The number of rotatable bonds is 3. The molecular weight excluding hydrogens is 292 g/mol. The number of fused-ring (bicyclic) bond motifs is 1. The molecule has 0 spiro atoms. The van der Waals surface area contributed by atoms with E-state index in [0.717, 1.165) is 40.9 Å². The lowest BCUT2D eigenvalue weighted by molar-refractivity contribution is 0.583. The maximum Gasteiger partial charge on any atom is 0.220 e. The number of nitrogen functional groups attached to an aromatic ring is 1. The van der Waals surface area contributed by atoms with Crippen LogP contribution in [-0.4, -0.2) is 9.97 Å². The summed E-state index contributed by atoms with van der Waals surface area (Å²) in [5.41, 5.74) is 10.4. The first-order valence-electron chi connectivity index (χ1n) is 7.38. The molecule has 2 N–H and O–H groups in total. The Hall–Kier alpha value is -3.02. The van der Waals surface area contributed by atoms with E-state index in [1.54, 1.807) is 18.5 Å². The lowest BCUT2D eigenvalue weighted by atomic mass is 10.0. The normalized spacial score (nSPS) is 16.3. The molecule has 0 saturated carbocycles. The van der Waals surface area contributed by atoms with Crippen molar-refractivity contribution >= 4 is 5.95 Å². The fourth-order valence-electron chi connectivity index (χ4n) is 3.10. The van der Waals surface area contributed by atoms with Gasteiger partial charge in [0, 0.05) is 17.3 Å². The number of aromatic nitrogens is 2. The van der Waals surface area contributed by atoms with Gasteiger partial charge in [0.1, 0.15) is 11.8 Å². The molecule has 0 aliphatic heterocycles. The molecule has 114 valence electrons. The van der Waals surface area contributed by atoms with Crippen molar-refractivity contribution in [1.29, 1.82) is 0 Å². The first kappa shape index (κ1) is 13.6. The fourth-order valence-corrected chi connectivity index (χ4v) is 3.10. The number of hydrogen-bond donors (Lipinski definition) is 1. The molecule has 1 unspecified atom stereocenters. The van der Waals surface area contributed by atoms with E-state index in [4.69, 9.17) is 10.2 Å². The van der Waals surface area contributed by atoms with Crippen molar-refractivity contribution in [3.05, 3.63) is 58.8 Å². The van der Waals surface area contributed by atoms with Crippen LogP contribution in [-0.2, 0) is 6.42 Å². The van der Waals surface area contributed by atoms with Gasteiger partial charge in [-0.25, -0.2) is 9.97 Å². The van der Waals surface area contributed by atoms with Crippen molar-refractivity contribution < 1.29 is 4.42 Å². The van der Waals surface area contributed by atoms with Crippen LogP contribution in [0, 0.1) is 4.91 Å². The lowest BCUT2D eigenvalue weighted by Crippen LogP contribution is -1.95. The molecule has 23 heavy (non-hydrogen) atoms. The monoisotopic (exact) mass is 306 g/mol. The molecule has 3 aromatic rings. The van der Waals surface area contributed by atoms with Crippen molar-refractivity contribution in [2.75, 3.05) is 5.73 Å². The maximum absolute atomic E-state index is 10.9. The van der Waals surface area contributed by atoms with Crippen molar-refractivity contribution in [1.82, 2.24) is 9.97 Å². The molecular formula is C17H14N4O2. The summed E-state index contributed by atoms with van der Waals surface area (Å²) in [6, 6.07) is 9.41. The Kier molecular flexibility index (Phi) is 3.15. The minimum absolute atomic E-state index is 0.225. The first-order valence-corrected chi connectivity index (χ1v) is 7.38. The van der Waals surface area contributed by atoms with E-state index in [9.17, 15) is 4.91 Å². The van der Waals surface area contributed by atoms with Gasteiger partial charge in [0.05, 0.1) is 12.0 Å². The second kappa shape index (κ2) is 5.31. The standard InChI is InChI=1S/C17H14N4O2/c18-17-19-7-5-14(20-17)13-6-8-23-16(13)11-1-3-12-10(9-11)2-4-15(12)21-22/h1,3,5-9,15H,2,4H2,(H2,18,19,20). The average Bonchev–Trinajstić information content (AvgIpc) is 3.21. The topological polar surface area (TPSA) is 94.4 Å². The van der Waals surface area contributed by atoms with Crippen LogP contribution in [0.1, 0.15) is 23.6 Å². The summed E-state index contributed by atoms with van der Waals surface area (Å²) >= 11 is 0. The lowest BCUT2D eigenvalue weighted by Gasteiger charge is -2.06. The predicted octanol–water partition coefficient (Wildman–Crippen LogP) is 3.74. The van der Waals surface area contributed by atoms with Gasteiger partial charge < -0.3 is 10.2 Å². The van der Waals surface area contributed by atoms with Crippen LogP contribution < -0.4 is 5.73 Å². The van der Waals surface area contributed by atoms with Gasteiger partial charge in [-0.1, -0.05) is 17.3 Å². The summed E-state index contributed by atoms with van der Waals surface area (Å²) < 4.78 is 5.67. The smallest absolute Gasteiger partial charge is 0.220 e. The highest BCUT2D eigenvalue weighted by Gasteiger charge is 2.24. The van der Waals surface area contributed by atoms with Gasteiger partial charge >= 0.3 is 0 Å². The second-order valence-electron chi connectivity index (χ2n) is 5.54. The zero-order valence-corrected chi connectivity index (χ0v) is 12.3. The van der Waals surface area contributed by atoms with E-state index in [2.05, 4.69) is 21.2 Å². The summed E-state index contributed by atoms with van der Waals surface area (Å²) in [5, 5.41) is 3.19. The van der Waals surface area contributed by atoms with Crippen LogP contribution in [0.2, 0.25) is 0 Å². The molecule has 0 saturated heterocycles. The Labute approximate surface area is 132 Å². The van der Waals surface area contributed by atoms with Crippen LogP contribution in [0.25, 0.3) is 22.6 Å². The summed E-state index contributed by atoms with van der Waals surface area (Å²) in [4.78, 5) is 19.0. The number of nitroso groups, excluding NO2 is 1. The molecule has 1 aromatic carbocycles. The largest absolute Gasteiger partial charge is 0.464 e. The number of hydrogen-bond acceptors (Lipinski definition) is 6. The van der Waals surface area contributed by atoms with Gasteiger partial charge in [-0.05, 0) is 42.2 Å². The van der Waals surface area contributed by atoms with Crippen LogP contribution in [0.15, 0.2) is 52.4 Å². The van der Waals surface area contributed by atoms with E-state index in [1.807, 2.05) is 18.2 Å². The molecule has 2 heterocycles. The molecule has 6 heteroatoms. The minimum atomic E-state index is -0.225. The third kappa shape index (κ3) is 2.28. The average molecular weight is 306 g/mol. The van der Waals surface area contributed by atoms with Crippen LogP contribution in [0.4, 0.5) is 5.95 Å². The van der Waals surface area contributed by atoms with E-state index in [0.29, 0.717) is 5.69 Å².